The number of methoxy groups -OCH3 is 3. The monoisotopic (exact) mass is 314 g/mol. The molecule has 5 nitrogen and oxygen atoms in total. The number of hydrogen-bond acceptors (Lipinski definition) is 5. The van der Waals surface area contributed by atoms with Crippen LogP contribution in [0, 0.1) is 0 Å². The highest BCUT2D eigenvalue weighted by atomic mass is 16.5. The number of carbonyl (C=O) groups is 1. The number of aromatic hydroxyl groups is 1. The van der Waals surface area contributed by atoms with Gasteiger partial charge >= 0.3 is 0 Å². The summed E-state index contributed by atoms with van der Waals surface area (Å²) in [5, 5.41) is 9.74. The van der Waals surface area contributed by atoms with Crippen molar-refractivity contribution in [3.63, 3.8) is 0 Å². The molecule has 0 radical (unpaired) electrons. The summed E-state index contributed by atoms with van der Waals surface area (Å²) in [7, 11) is 4.51. The van der Waals surface area contributed by atoms with Crippen LogP contribution in [0.2, 0.25) is 0 Å². The third-order valence-electron chi connectivity index (χ3n) is 3.30. The van der Waals surface area contributed by atoms with Crippen molar-refractivity contribution in [3.8, 4) is 23.0 Å². The van der Waals surface area contributed by atoms with E-state index in [1.807, 2.05) is 0 Å². The number of carbonyl (C=O) groups excluding carboxylic acids is 1. The molecule has 5 heteroatoms. The molecule has 0 heterocycles. The second kappa shape index (κ2) is 7.35. The van der Waals surface area contributed by atoms with E-state index >= 15 is 0 Å². The Balaban J connectivity index is 2.26. The van der Waals surface area contributed by atoms with Gasteiger partial charge in [0.1, 0.15) is 11.5 Å². The van der Waals surface area contributed by atoms with Gasteiger partial charge in [0.15, 0.2) is 17.3 Å². The molecule has 0 atom stereocenters. The van der Waals surface area contributed by atoms with Crippen LogP contribution in [-0.4, -0.2) is 32.2 Å². The molecule has 0 aliphatic carbocycles. The third-order valence-corrected chi connectivity index (χ3v) is 3.30. The van der Waals surface area contributed by atoms with Gasteiger partial charge in [-0.25, -0.2) is 0 Å². The number of benzene rings is 2. The molecule has 1 N–H and O–H groups in total. The average molecular weight is 314 g/mol. The number of allylic oxidation sites excluding steroid dienone is 1. The minimum absolute atomic E-state index is 0.0149. The van der Waals surface area contributed by atoms with Crippen molar-refractivity contribution < 1.29 is 24.1 Å². The fraction of sp³-hybridized carbons (Fsp3) is 0.167. The Bertz CT molecular complexity index is 734. The van der Waals surface area contributed by atoms with E-state index in [0.29, 0.717) is 28.4 Å². The van der Waals surface area contributed by atoms with E-state index in [2.05, 4.69) is 0 Å². The Morgan fingerprint density at radius 1 is 0.957 bits per heavy atom. The molecule has 0 saturated heterocycles. The molecule has 23 heavy (non-hydrogen) atoms. The van der Waals surface area contributed by atoms with Crippen LogP contribution in [0.1, 0.15) is 15.9 Å². The van der Waals surface area contributed by atoms with E-state index in [0.717, 1.165) is 0 Å². The number of rotatable bonds is 6. The third kappa shape index (κ3) is 3.83. The number of phenols is 1. The predicted octanol–water partition coefficient (Wildman–Crippen LogP) is 3.31. The van der Waals surface area contributed by atoms with Crippen LogP contribution in [0.15, 0.2) is 42.5 Å². The summed E-state index contributed by atoms with van der Waals surface area (Å²) in [6.45, 7) is 0. The van der Waals surface area contributed by atoms with Gasteiger partial charge in [0.25, 0.3) is 0 Å². The van der Waals surface area contributed by atoms with Crippen LogP contribution in [0.4, 0.5) is 0 Å². The Kier molecular flexibility index (Phi) is 5.25. The second-order valence-corrected chi connectivity index (χ2v) is 4.70. The first-order chi connectivity index (χ1) is 11.1. The molecule has 2 aromatic rings. The van der Waals surface area contributed by atoms with Gasteiger partial charge in [0.2, 0.25) is 0 Å². The van der Waals surface area contributed by atoms with Gasteiger partial charge in [-0.05, 0) is 42.0 Å². The predicted molar refractivity (Wildman–Crippen MR) is 87.6 cm³/mol. The standard InChI is InChI=1S/C18H18O5/c1-21-13-6-9-17(22-2)14(11-13)15(19)7-4-12-5-8-18(23-3)16(20)10-12/h4-11,20H,1-3H3. The van der Waals surface area contributed by atoms with E-state index in [-0.39, 0.29) is 11.5 Å². The van der Waals surface area contributed by atoms with Gasteiger partial charge in [-0.2, -0.15) is 0 Å². The fourth-order valence-corrected chi connectivity index (χ4v) is 2.08. The highest BCUT2D eigenvalue weighted by Gasteiger charge is 2.11. The molecular weight excluding hydrogens is 296 g/mol. The maximum Gasteiger partial charge on any atom is 0.189 e. The lowest BCUT2D eigenvalue weighted by Gasteiger charge is -2.08. The number of ether oxygens (including phenoxy) is 3. The zero-order valence-electron chi connectivity index (χ0n) is 13.2. The van der Waals surface area contributed by atoms with Crippen LogP contribution in [0.25, 0.3) is 6.08 Å². The Morgan fingerprint density at radius 3 is 2.26 bits per heavy atom. The lowest BCUT2D eigenvalue weighted by atomic mass is 10.1. The summed E-state index contributed by atoms with van der Waals surface area (Å²) in [5.74, 6) is 1.21. The van der Waals surface area contributed by atoms with E-state index < -0.39 is 0 Å². The molecule has 2 aromatic carbocycles. The lowest BCUT2D eigenvalue weighted by Crippen LogP contribution is -1.99. The van der Waals surface area contributed by atoms with Crippen molar-refractivity contribution in [2.45, 2.75) is 0 Å². The lowest BCUT2D eigenvalue weighted by molar-refractivity contribution is 0.104. The van der Waals surface area contributed by atoms with Gasteiger partial charge in [-0.1, -0.05) is 12.1 Å². The molecule has 0 amide bonds. The van der Waals surface area contributed by atoms with Gasteiger partial charge in [-0.3, -0.25) is 4.79 Å². The zero-order chi connectivity index (χ0) is 16.8. The first kappa shape index (κ1) is 16.4. The average Bonchev–Trinajstić information content (AvgIpc) is 2.59. The highest BCUT2D eigenvalue weighted by molar-refractivity contribution is 6.08. The molecule has 2 rings (SSSR count). The molecule has 0 saturated carbocycles. The number of phenolic OH excluding ortho intramolecular Hbond substituents is 1. The first-order valence-electron chi connectivity index (χ1n) is 6.90. The van der Waals surface area contributed by atoms with E-state index in [9.17, 15) is 9.90 Å². The fourth-order valence-electron chi connectivity index (χ4n) is 2.08. The summed E-state index contributed by atoms with van der Waals surface area (Å²) in [4.78, 5) is 12.4. The van der Waals surface area contributed by atoms with Gasteiger partial charge < -0.3 is 19.3 Å². The second-order valence-electron chi connectivity index (χ2n) is 4.70. The Labute approximate surface area is 134 Å². The molecule has 0 unspecified atom stereocenters. The summed E-state index contributed by atoms with van der Waals surface area (Å²) in [6, 6.07) is 9.92. The van der Waals surface area contributed by atoms with Gasteiger partial charge in [0.05, 0.1) is 26.9 Å². The van der Waals surface area contributed by atoms with Gasteiger partial charge in [0, 0.05) is 0 Å². The number of ketones is 1. The highest BCUT2D eigenvalue weighted by Crippen LogP contribution is 2.27. The smallest absolute Gasteiger partial charge is 0.189 e. The molecule has 0 fully saturated rings. The normalized spacial score (nSPS) is 10.6. The summed E-state index contributed by atoms with van der Waals surface area (Å²) < 4.78 is 15.3. The molecule has 0 aliphatic heterocycles. The van der Waals surface area contributed by atoms with Crippen molar-refractivity contribution in [2.24, 2.45) is 0 Å². The van der Waals surface area contributed by atoms with E-state index in [1.165, 1.54) is 33.5 Å². The summed E-state index contributed by atoms with van der Waals surface area (Å²) in [5.41, 5.74) is 1.08. The van der Waals surface area contributed by atoms with Gasteiger partial charge in [-0.15, -0.1) is 0 Å². The minimum atomic E-state index is -0.226. The largest absolute Gasteiger partial charge is 0.504 e. The summed E-state index contributed by atoms with van der Waals surface area (Å²) >= 11 is 0. The molecule has 0 aliphatic rings. The maximum absolute atomic E-state index is 12.4. The quantitative estimate of drug-likeness (QED) is 0.654. The minimum Gasteiger partial charge on any atom is -0.504 e. The van der Waals surface area contributed by atoms with E-state index in [4.69, 9.17) is 14.2 Å². The number of hydrogen-bond donors (Lipinski definition) is 1. The topological polar surface area (TPSA) is 65.0 Å². The molecule has 0 aromatic heterocycles. The molecule has 120 valence electrons. The van der Waals surface area contributed by atoms with Crippen LogP contribution in [0.3, 0.4) is 0 Å². The van der Waals surface area contributed by atoms with Crippen molar-refractivity contribution in [3.05, 3.63) is 53.6 Å². The first-order valence-corrected chi connectivity index (χ1v) is 6.90. The van der Waals surface area contributed by atoms with Crippen molar-refractivity contribution >= 4 is 11.9 Å². The summed E-state index contributed by atoms with van der Waals surface area (Å²) in [6.07, 6.45) is 3.03. The van der Waals surface area contributed by atoms with Crippen molar-refractivity contribution in [1.82, 2.24) is 0 Å². The van der Waals surface area contributed by atoms with E-state index in [1.54, 1.807) is 36.4 Å². The molecule has 0 spiro atoms. The van der Waals surface area contributed by atoms with Crippen molar-refractivity contribution in [2.75, 3.05) is 21.3 Å². The SMILES string of the molecule is COc1ccc(OC)c(C(=O)C=Cc2ccc(OC)c(O)c2)c1. The van der Waals surface area contributed by atoms with Crippen LogP contribution < -0.4 is 14.2 Å². The Hall–Kier alpha value is -2.95. The molecular formula is C18H18O5. The van der Waals surface area contributed by atoms with Crippen LogP contribution >= 0.6 is 0 Å². The van der Waals surface area contributed by atoms with Crippen LogP contribution in [-0.2, 0) is 0 Å². The van der Waals surface area contributed by atoms with Crippen LogP contribution in [0.5, 0.6) is 23.0 Å². The Morgan fingerprint density at radius 2 is 1.65 bits per heavy atom. The maximum atomic E-state index is 12.4. The molecule has 0 bridgehead atoms. The van der Waals surface area contributed by atoms with Crippen molar-refractivity contribution in [1.29, 1.82) is 0 Å². The zero-order valence-corrected chi connectivity index (χ0v) is 13.2.